The van der Waals surface area contributed by atoms with Crippen LogP contribution in [0, 0.1) is 5.92 Å². The number of hydrogen-bond donors (Lipinski definition) is 0. The van der Waals surface area contributed by atoms with Crippen LogP contribution in [0.5, 0.6) is 0 Å². The van der Waals surface area contributed by atoms with E-state index in [0.717, 1.165) is 13.0 Å². The molecule has 0 radical (unpaired) electrons. The van der Waals surface area contributed by atoms with E-state index in [0.29, 0.717) is 12.3 Å². The van der Waals surface area contributed by atoms with Gasteiger partial charge < -0.3 is 4.90 Å². The summed E-state index contributed by atoms with van der Waals surface area (Å²) in [7, 11) is 0. The van der Waals surface area contributed by atoms with Gasteiger partial charge in [-0.25, -0.2) is 0 Å². The zero-order chi connectivity index (χ0) is 10.3. The van der Waals surface area contributed by atoms with E-state index in [1.807, 2.05) is 6.92 Å². The van der Waals surface area contributed by atoms with Crippen LogP contribution < -0.4 is 0 Å². The van der Waals surface area contributed by atoms with Crippen molar-refractivity contribution >= 4 is 5.91 Å². The van der Waals surface area contributed by atoms with Gasteiger partial charge in [0, 0.05) is 13.0 Å². The molecule has 0 fully saturated rings. The van der Waals surface area contributed by atoms with Crippen LogP contribution in [-0.2, 0) is 4.79 Å². The van der Waals surface area contributed by atoms with Gasteiger partial charge in [0.1, 0.15) is 0 Å². The highest BCUT2D eigenvalue weighted by atomic mass is 16.2. The van der Waals surface area contributed by atoms with E-state index < -0.39 is 0 Å². The molecule has 0 spiro atoms. The van der Waals surface area contributed by atoms with Crippen LogP contribution in [0.1, 0.15) is 40.0 Å². The van der Waals surface area contributed by atoms with Crippen LogP contribution in [0.25, 0.3) is 0 Å². The minimum Gasteiger partial charge on any atom is -0.320 e. The molecule has 0 rings (SSSR count). The first kappa shape index (κ1) is 12.2. The zero-order valence-electron chi connectivity index (χ0n) is 9.05. The molecule has 0 heterocycles. The van der Waals surface area contributed by atoms with Crippen molar-refractivity contribution in [3.8, 4) is 0 Å². The molecule has 0 aromatic rings. The van der Waals surface area contributed by atoms with E-state index in [2.05, 4.69) is 20.4 Å². The van der Waals surface area contributed by atoms with E-state index in [-0.39, 0.29) is 5.91 Å². The van der Waals surface area contributed by atoms with E-state index in [1.54, 1.807) is 11.1 Å². The van der Waals surface area contributed by atoms with Gasteiger partial charge in [-0.1, -0.05) is 33.8 Å². The molecule has 0 bridgehead atoms. The second kappa shape index (κ2) is 6.70. The Kier molecular flexibility index (Phi) is 6.29. The molecule has 76 valence electrons. The fourth-order valence-electron chi connectivity index (χ4n) is 1.08. The molecule has 0 N–H and O–H groups in total. The van der Waals surface area contributed by atoms with Crippen LogP contribution in [0.15, 0.2) is 12.8 Å². The van der Waals surface area contributed by atoms with Gasteiger partial charge in [-0.15, -0.1) is 0 Å². The second-order valence-corrected chi connectivity index (χ2v) is 3.43. The number of rotatable bonds is 6. The summed E-state index contributed by atoms with van der Waals surface area (Å²) >= 11 is 0. The third-order valence-corrected chi connectivity index (χ3v) is 2.40. The van der Waals surface area contributed by atoms with Crippen molar-refractivity contribution in [2.75, 3.05) is 6.54 Å². The molecule has 0 aliphatic rings. The fraction of sp³-hybridized carbons (Fsp3) is 0.727. The smallest absolute Gasteiger partial charge is 0.226 e. The monoisotopic (exact) mass is 183 g/mol. The van der Waals surface area contributed by atoms with Crippen molar-refractivity contribution in [1.82, 2.24) is 4.90 Å². The Morgan fingerprint density at radius 3 is 2.54 bits per heavy atom. The zero-order valence-corrected chi connectivity index (χ0v) is 9.05. The average molecular weight is 183 g/mol. The van der Waals surface area contributed by atoms with E-state index in [4.69, 9.17) is 0 Å². The summed E-state index contributed by atoms with van der Waals surface area (Å²) in [6, 6.07) is 0. The molecular formula is C11H21NO. The minimum atomic E-state index is 0.165. The molecule has 2 heteroatoms. The molecule has 0 aromatic carbocycles. The summed E-state index contributed by atoms with van der Waals surface area (Å²) < 4.78 is 0. The van der Waals surface area contributed by atoms with E-state index >= 15 is 0 Å². The number of carbonyl (C=O) groups excluding carboxylic acids is 1. The number of carbonyl (C=O) groups is 1. The fourth-order valence-corrected chi connectivity index (χ4v) is 1.08. The predicted molar refractivity (Wildman–Crippen MR) is 56.3 cm³/mol. The molecule has 0 aliphatic carbocycles. The molecule has 0 saturated heterocycles. The van der Waals surface area contributed by atoms with Gasteiger partial charge in [0.05, 0.1) is 0 Å². The maximum absolute atomic E-state index is 11.3. The van der Waals surface area contributed by atoms with E-state index in [1.165, 1.54) is 6.42 Å². The topological polar surface area (TPSA) is 20.3 Å². The van der Waals surface area contributed by atoms with Crippen molar-refractivity contribution < 1.29 is 4.79 Å². The first-order chi connectivity index (χ1) is 6.15. The Labute approximate surface area is 81.6 Å². The van der Waals surface area contributed by atoms with Crippen LogP contribution in [0.3, 0.4) is 0 Å². The standard InChI is InChI=1S/C11H21NO/c1-5-10(4)8-9-12(7-3)11(13)6-2/h7,10H,3,5-6,8-9H2,1-2,4H3. The lowest BCUT2D eigenvalue weighted by molar-refractivity contribution is -0.128. The summed E-state index contributed by atoms with van der Waals surface area (Å²) in [6.45, 7) is 10.7. The van der Waals surface area contributed by atoms with Gasteiger partial charge in [-0.2, -0.15) is 0 Å². The van der Waals surface area contributed by atoms with E-state index in [9.17, 15) is 4.79 Å². The summed E-state index contributed by atoms with van der Waals surface area (Å²) in [4.78, 5) is 13.0. The molecule has 0 aromatic heterocycles. The third-order valence-electron chi connectivity index (χ3n) is 2.40. The summed E-state index contributed by atoms with van der Waals surface area (Å²) in [6.07, 6.45) is 4.43. The van der Waals surface area contributed by atoms with Crippen molar-refractivity contribution in [1.29, 1.82) is 0 Å². The van der Waals surface area contributed by atoms with Gasteiger partial charge in [0.25, 0.3) is 0 Å². The minimum absolute atomic E-state index is 0.165. The highest BCUT2D eigenvalue weighted by Crippen LogP contribution is 2.08. The van der Waals surface area contributed by atoms with Crippen molar-refractivity contribution in [3.63, 3.8) is 0 Å². The summed E-state index contributed by atoms with van der Waals surface area (Å²) in [5.41, 5.74) is 0. The van der Waals surface area contributed by atoms with Crippen LogP contribution >= 0.6 is 0 Å². The van der Waals surface area contributed by atoms with Crippen molar-refractivity contribution in [2.24, 2.45) is 5.92 Å². The first-order valence-electron chi connectivity index (χ1n) is 5.07. The Hall–Kier alpha value is -0.790. The highest BCUT2D eigenvalue weighted by Gasteiger charge is 2.08. The summed E-state index contributed by atoms with van der Waals surface area (Å²) in [5, 5.41) is 0. The molecule has 2 nitrogen and oxygen atoms in total. The third kappa shape index (κ3) is 4.71. The maximum Gasteiger partial charge on any atom is 0.226 e. The highest BCUT2D eigenvalue weighted by molar-refractivity contribution is 5.76. The summed E-state index contributed by atoms with van der Waals surface area (Å²) in [5.74, 6) is 0.852. The van der Waals surface area contributed by atoms with Crippen LogP contribution in [0.2, 0.25) is 0 Å². The van der Waals surface area contributed by atoms with Crippen LogP contribution in [0.4, 0.5) is 0 Å². The molecule has 0 saturated carbocycles. The van der Waals surface area contributed by atoms with Crippen molar-refractivity contribution in [3.05, 3.63) is 12.8 Å². The van der Waals surface area contributed by atoms with Gasteiger partial charge in [0.15, 0.2) is 0 Å². The van der Waals surface area contributed by atoms with Gasteiger partial charge in [-0.05, 0) is 18.5 Å². The van der Waals surface area contributed by atoms with Gasteiger partial charge in [0.2, 0.25) is 5.91 Å². The normalized spacial score (nSPS) is 12.2. The largest absolute Gasteiger partial charge is 0.320 e. The molecule has 13 heavy (non-hydrogen) atoms. The Balaban J connectivity index is 3.85. The second-order valence-electron chi connectivity index (χ2n) is 3.43. The Bertz CT molecular complexity index is 165. The maximum atomic E-state index is 11.3. The number of nitrogens with zero attached hydrogens (tertiary/aromatic N) is 1. The number of amides is 1. The lowest BCUT2D eigenvalue weighted by Crippen LogP contribution is -2.26. The lowest BCUT2D eigenvalue weighted by atomic mass is 10.1. The Morgan fingerprint density at radius 1 is 1.54 bits per heavy atom. The first-order valence-corrected chi connectivity index (χ1v) is 5.07. The lowest BCUT2D eigenvalue weighted by Gasteiger charge is -2.19. The molecule has 1 unspecified atom stereocenters. The molecule has 0 aliphatic heterocycles. The molecular weight excluding hydrogens is 162 g/mol. The predicted octanol–water partition coefficient (Wildman–Crippen LogP) is 2.80. The van der Waals surface area contributed by atoms with Gasteiger partial charge >= 0.3 is 0 Å². The number of hydrogen-bond acceptors (Lipinski definition) is 1. The van der Waals surface area contributed by atoms with Crippen molar-refractivity contribution in [2.45, 2.75) is 40.0 Å². The van der Waals surface area contributed by atoms with Crippen LogP contribution in [-0.4, -0.2) is 17.4 Å². The Morgan fingerprint density at radius 2 is 2.15 bits per heavy atom. The van der Waals surface area contributed by atoms with Gasteiger partial charge in [-0.3, -0.25) is 4.79 Å². The average Bonchev–Trinajstić information content (AvgIpc) is 2.17. The molecule has 1 atom stereocenters. The quantitative estimate of drug-likeness (QED) is 0.620. The molecule has 1 amide bonds. The SMILES string of the molecule is C=CN(CCC(C)CC)C(=O)CC.